The molecule has 6 heteroatoms. The van der Waals surface area contributed by atoms with Crippen LogP contribution in [0.1, 0.15) is 393 Å². The van der Waals surface area contributed by atoms with Crippen molar-refractivity contribution < 1.29 is 24.5 Å². The Morgan fingerprint density at radius 3 is 0.975 bits per heavy atom. The molecule has 0 rings (SSSR count). The summed E-state index contributed by atoms with van der Waals surface area (Å²) in [7, 11) is 0. The van der Waals surface area contributed by atoms with E-state index in [-0.39, 0.29) is 18.5 Å². The van der Waals surface area contributed by atoms with Crippen molar-refractivity contribution in [1.82, 2.24) is 5.32 Å². The Morgan fingerprint density at radius 2 is 0.617 bits per heavy atom. The highest BCUT2D eigenvalue weighted by Gasteiger charge is 2.18. The van der Waals surface area contributed by atoms with E-state index in [1.165, 1.54) is 315 Å². The van der Waals surface area contributed by atoms with Crippen LogP contribution in [0.5, 0.6) is 0 Å². The maximum absolute atomic E-state index is 12.5. The Morgan fingerprint density at radius 1 is 0.346 bits per heavy atom. The normalized spacial score (nSPS) is 12.8. The summed E-state index contributed by atoms with van der Waals surface area (Å²) >= 11 is 0. The second-order valence-electron chi connectivity index (χ2n) is 24.9. The molecule has 0 saturated heterocycles. The standard InChI is InChI=1S/C75H141NO5/c1-3-5-7-9-11-13-15-17-19-20-21-30-33-36-40-43-47-51-55-59-63-67-73(78)72(71-77)76-74(79)68-64-60-56-52-48-44-41-37-34-31-28-26-24-22-23-25-27-29-32-35-38-42-46-50-54-58-62-66-70-81-75(80)69-65-61-57-53-49-45-39-18-16-14-12-10-8-6-4-2/h12,14,18,22-23,39,63,67,72-73,77-78H,3-11,13,15-17,19-21,24-38,40-62,64-66,68-71H2,1-2H3,(H,76,79)/b14-12-,23-22-,39-18-,67-63+. The Balaban J connectivity index is 3.41. The monoisotopic (exact) mass is 1140 g/mol. The number of rotatable bonds is 68. The number of carbonyl (C=O) groups excluding carboxylic acids is 2. The van der Waals surface area contributed by atoms with Gasteiger partial charge in [0.2, 0.25) is 5.91 Å². The highest BCUT2D eigenvalue weighted by atomic mass is 16.5. The average molecular weight is 1140 g/mol. The Labute approximate surface area is 506 Å². The fourth-order valence-corrected chi connectivity index (χ4v) is 11.3. The van der Waals surface area contributed by atoms with Gasteiger partial charge in [-0.05, 0) is 89.9 Å². The molecular formula is C75H141NO5. The minimum absolute atomic E-state index is 0.00166. The van der Waals surface area contributed by atoms with Crippen LogP contribution in [-0.2, 0) is 14.3 Å². The van der Waals surface area contributed by atoms with Crippen LogP contribution in [-0.4, -0.2) is 47.4 Å². The van der Waals surface area contributed by atoms with E-state index in [9.17, 15) is 19.8 Å². The summed E-state index contributed by atoms with van der Waals surface area (Å²) in [5, 5.41) is 23.3. The van der Waals surface area contributed by atoms with E-state index >= 15 is 0 Å². The van der Waals surface area contributed by atoms with Crippen molar-refractivity contribution in [1.29, 1.82) is 0 Å². The summed E-state index contributed by atoms with van der Waals surface area (Å²) < 4.78 is 5.49. The fourth-order valence-electron chi connectivity index (χ4n) is 11.3. The Kier molecular flexibility index (Phi) is 68.4. The number of nitrogens with one attached hydrogen (secondary N) is 1. The molecule has 0 aromatic carbocycles. The number of allylic oxidation sites excluding steroid dienone is 7. The molecule has 0 aromatic rings. The minimum Gasteiger partial charge on any atom is -0.466 e. The summed E-state index contributed by atoms with van der Waals surface area (Å²) in [4.78, 5) is 24.6. The van der Waals surface area contributed by atoms with Crippen molar-refractivity contribution in [2.24, 2.45) is 0 Å². The van der Waals surface area contributed by atoms with Crippen molar-refractivity contribution in [3.05, 3.63) is 48.6 Å². The second-order valence-corrected chi connectivity index (χ2v) is 24.9. The third kappa shape index (κ3) is 66.8. The topological polar surface area (TPSA) is 95.9 Å². The fraction of sp³-hybridized carbons (Fsp3) is 0.867. The quantitative estimate of drug-likeness (QED) is 0.0320. The molecule has 6 nitrogen and oxygen atoms in total. The van der Waals surface area contributed by atoms with Crippen LogP contribution in [0, 0.1) is 0 Å². The maximum Gasteiger partial charge on any atom is 0.305 e. The van der Waals surface area contributed by atoms with E-state index in [4.69, 9.17) is 4.74 Å². The molecule has 0 bridgehead atoms. The molecule has 0 fully saturated rings. The molecule has 0 aromatic heterocycles. The van der Waals surface area contributed by atoms with Crippen LogP contribution in [0.2, 0.25) is 0 Å². The number of esters is 1. The zero-order valence-electron chi connectivity index (χ0n) is 54.5. The summed E-state index contributed by atoms with van der Waals surface area (Å²) in [6.45, 7) is 4.90. The van der Waals surface area contributed by atoms with E-state index in [2.05, 4.69) is 55.6 Å². The third-order valence-corrected chi connectivity index (χ3v) is 16.8. The molecule has 0 heterocycles. The first-order chi connectivity index (χ1) is 40.0. The van der Waals surface area contributed by atoms with Crippen molar-refractivity contribution in [2.45, 2.75) is 405 Å². The lowest BCUT2D eigenvalue weighted by molar-refractivity contribution is -0.143. The van der Waals surface area contributed by atoms with Gasteiger partial charge in [0.1, 0.15) is 0 Å². The van der Waals surface area contributed by atoms with Crippen LogP contribution in [0.25, 0.3) is 0 Å². The maximum atomic E-state index is 12.5. The molecule has 2 unspecified atom stereocenters. The molecule has 0 saturated carbocycles. The molecule has 0 radical (unpaired) electrons. The van der Waals surface area contributed by atoms with Gasteiger partial charge in [0.15, 0.2) is 0 Å². The first-order valence-corrected chi connectivity index (χ1v) is 36.4. The number of unbranched alkanes of at least 4 members (excludes halogenated alkanes) is 51. The molecule has 81 heavy (non-hydrogen) atoms. The third-order valence-electron chi connectivity index (χ3n) is 16.8. The molecule has 0 aliphatic heterocycles. The number of ether oxygens (including phenoxy) is 1. The average Bonchev–Trinajstić information content (AvgIpc) is 3.47. The van der Waals surface area contributed by atoms with Gasteiger partial charge in [0, 0.05) is 12.8 Å². The van der Waals surface area contributed by atoms with E-state index < -0.39 is 12.1 Å². The SMILES string of the molecule is CCCCC/C=C\C/C=C\CCCCCCCC(=O)OCCCCCCCCCCCCCC/C=C\CCCCCCCCCCCCCCC(=O)NC(CO)C(O)/C=C/CCCCCCCCCCCCCCCCCCCCC. The molecule has 2 atom stereocenters. The molecule has 0 aliphatic carbocycles. The lowest BCUT2D eigenvalue weighted by atomic mass is 10.0. The number of amides is 1. The molecular weight excluding hydrogens is 995 g/mol. The Hall–Kier alpha value is -2.18. The minimum atomic E-state index is -0.846. The largest absolute Gasteiger partial charge is 0.466 e. The first-order valence-electron chi connectivity index (χ1n) is 36.4. The van der Waals surface area contributed by atoms with Gasteiger partial charge in [0.05, 0.1) is 25.4 Å². The van der Waals surface area contributed by atoms with Crippen LogP contribution in [0.3, 0.4) is 0 Å². The lowest BCUT2D eigenvalue weighted by Crippen LogP contribution is -2.45. The smallest absolute Gasteiger partial charge is 0.305 e. The number of aliphatic hydroxyl groups excluding tert-OH is 2. The summed E-state index contributed by atoms with van der Waals surface area (Å²) in [6.07, 6.45) is 91.9. The predicted octanol–water partition coefficient (Wildman–Crippen LogP) is 23.6. The van der Waals surface area contributed by atoms with Crippen LogP contribution >= 0.6 is 0 Å². The van der Waals surface area contributed by atoms with Gasteiger partial charge in [-0.1, -0.05) is 339 Å². The van der Waals surface area contributed by atoms with E-state index in [1.54, 1.807) is 6.08 Å². The molecule has 3 N–H and O–H groups in total. The van der Waals surface area contributed by atoms with Gasteiger partial charge in [-0.3, -0.25) is 9.59 Å². The molecule has 0 aliphatic rings. The highest BCUT2D eigenvalue weighted by Crippen LogP contribution is 2.18. The van der Waals surface area contributed by atoms with Gasteiger partial charge in [-0.15, -0.1) is 0 Å². The first kappa shape index (κ1) is 78.8. The lowest BCUT2D eigenvalue weighted by Gasteiger charge is -2.20. The van der Waals surface area contributed by atoms with Crippen LogP contribution in [0.15, 0.2) is 48.6 Å². The number of aliphatic hydroxyl groups is 2. The highest BCUT2D eigenvalue weighted by molar-refractivity contribution is 5.76. The number of hydrogen-bond acceptors (Lipinski definition) is 5. The van der Waals surface area contributed by atoms with Crippen LogP contribution in [0.4, 0.5) is 0 Å². The summed E-state index contributed by atoms with van der Waals surface area (Å²) in [5.41, 5.74) is 0. The van der Waals surface area contributed by atoms with E-state index in [0.717, 1.165) is 51.4 Å². The zero-order valence-corrected chi connectivity index (χ0v) is 54.5. The predicted molar refractivity (Wildman–Crippen MR) is 356 cm³/mol. The van der Waals surface area contributed by atoms with E-state index in [1.807, 2.05) is 6.08 Å². The zero-order chi connectivity index (χ0) is 58.5. The van der Waals surface area contributed by atoms with Crippen molar-refractivity contribution in [2.75, 3.05) is 13.2 Å². The number of hydrogen-bond donors (Lipinski definition) is 3. The molecule has 1 amide bonds. The Bertz CT molecular complexity index is 1360. The second kappa shape index (κ2) is 70.3. The molecule has 0 spiro atoms. The van der Waals surface area contributed by atoms with Crippen molar-refractivity contribution in [3.63, 3.8) is 0 Å². The molecule has 476 valence electrons. The number of carbonyl (C=O) groups is 2. The summed E-state index contributed by atoms with van der Waals surface area (Å²) in [5.74, 6) is -0.0630. The van der Waals surface area contributed by atoms with Crippen molar-refractivity contribution in [3.8, 4) is 0 Å². The van der Waals surface area contributed by atoms with Gasteiger partial charge in [-0.2, -0.15) is 0 Å². The van der Waals surface area contributed by atoms with Gasteiger partial charge in [0.25, 0.3) is 0 Å². The van der Waals surface area contributed by atoms with Crippen LogP contribution < -0.4 is 5.32 Å². The van der Waals surface area contributed by atoms with Gasteiger partial charge < -0.3 is 20.3 Å². The van der Waals surface area contributed by atoms with Gasteiger partial charge >= 0.3 is 5.97 Å². The summed E-state index contributed by atoms with van der Waals surface area (Å²) in [6, 6.07) is -0.630. The van der Waals surface area contributed by atoms with Crippen molar-refractivity contribution >= 4 is 11.9 Å². The van der Waals surface area contributed by atoms with Gasteiger partial charge in [-0.25, -0.2) is 0 Å². The van der Waals surface area contributed by atoms with E-state index in [0.29, 0.717) is 19.4 Å².